The Morgan fingerprint density at radius 2 is 0.929 bits per heavy atom. The fourth-order valence-electron chi connectivity index (χ4n) is 8.77. The predicted molar refractivity (Wildman–Crippen MR) is 231 cm³/mol. The lowest BCUT2D eigenvalue weighted by atomic mass is 9.91. The van der Waals surface area contributed by atoms with Gasteiger partial charge in [0.1, 0.15) is 22.3 Å². The Hall–Kier alpha value is -7.56. The number of hydrogen-bond donors (Lipinski definition) is 0. The first kappa shape index (κ1) is 30.9. The molecule has 3 aromatic heterocycles. The Balaban J connectivity index is 1.21. The number of benzene rings is 9. The zero-order valence-electron chi connectivity index (χ0n) is 30.0. The van der Waals surface area contributed by atoms with E-state index in [0.29, 0.717) is 5.82 Å². The molecule has 0 aliphatic carbocycles. The van der Waals surface area contributed by atoms with Crippen molar-refractivity contribution >= 4 is 76.2 Å². The van der Waals surface area contributed by atoms with Crippen molar-refractivity contribution < 1.29 is 8.83 Å². The van der Waals surface area contributed by atoms with Gasteiger partial charge in [-0.3, -0.25) is 0 Å². The lowest BCUT2D eigenvalue weighted by Gasteiger charge is -2.15. The molecule has 0 fully saturated rings. The fourth-order valence-corrected chi connectivity index (χ4v) is 8.77. The quantitative estimate of drug-likeness (QED) is 0.170. The Kier molecular flexibility index (Phi) is 6.60. The highest BCUT2D eigenvalue weighted by Gasteiger charge is 2.22. The number of furan rings is 2. The molecule has 0 saturated heterocycles. The maximum Gasteiger partial charge on any atom is 0.161 e. The van der Waals surface area contributed by atoms with Gasteiger partial charge in [-0.2, -0.15) is 0 Å². The SMILES string of the molecule is c1ccc(-c2ccc(-c3nc(-c4cc5ccccc5c5c4ccc4ccccc45)cc(-c4cccc5oc6ccccc6c45)n3)c3c2oc2ccccc23)cc1. The van der Waals surface area contributed by atoms with E-state index in [-0.39, 0.29) is 0 Å². The lowest BCUT2D eigenvalue weighted by molar-refractivity contribution is 0.669. The highest BCUT2D eigenvalue weighted by atomic mass is 16.3. The van der Waals surface area contributed by atoms with Gasteiger partial charge >= 0.3 is 0 Å². The third kappa shape index (κ3) is 4.60. The number of rotatable bonds is 4. The molecule has 0 aliphatic heterocycles. The summed E-state index contributed by atoms with van der Waals surface area (Å²) in [6.45, 7) is 0. The minimum absolute atomic E-state index is 0.626. The van der Waals surface area contributed by atoms with Gasteiger partial charge in [0.25, 0.3) is 0 Å². The minimum atomic E-state index is 0.626. The van der Waals surface area contributed by atoms with Crippen molar-refractivity contribution in [2.45, 2.75) is 0 Å². The third-order valence-electron chi connectivity index (χ3n) is 11.3. The second kappa shape index (κ2) is 12.0. The molecule has 0 saturated carbocycles. The number of nitrogens with zero attached hydrogens (tertiary/aromatic N) is 2. The maximum absolute atomic E-state index is 6.70. The molecule has 0 bridgehead atoms. The van der Waals surface area contributed by atoms with Gasteiger partial charge in [-0.05, 0) is 80.3 Å². The van der Waals surface area contributed by atoms with Gasteiger partial charge in [-0.25, -0.2) is 9.97 Å². The number of para-hydroxylation sites is 2. The molecule has 56 heavy (non-hydrogen) atoms. The van der Waals surface area contributed by atoms with E-state index < -0.39 is 0 Å². The van der Waals surface area contributed by atoms with Gasteiger partial charge in [0.15, 0.2) is 5.82 Å². The molecule has 260 valence electrons. The van der Waals surface area contributed by atoms with E-state index in [4.69, 9.17) is 18.8 Å². The van der Waals surface area contributed by atoms with Crippen LogP contribution in [0.3, 0.4) is 0 Å². The second-order valence-corrected chi connectivity index (χ2v) is 14.4. The van der Waals surface area contributed by atoms with Crippen molar-refractivity contribution in [2.75, 3.05) is 0 Å². The van der Waals surface area contributed by atoms with Crippen LogP contribution in [-0.2, 0) is 0 Å². The molecule has 0 amide bonds. The summed E-state index contributed by atoms with van der Waals surface area (Å²) >= 11 is 0. The summed E-state index contributed by atoms with van der Waals surface area (Å²) in [5.41, 5.74) is 10.0. The molecule has 3 heterocycles. The monoisotopic (exact) mass is 714 g/mol. The molecule has 0 spiro atoms. The first-order chi connectivity index (χ1) is 27.8. The minimum Gasteiger partial charge on any atom is -0.456 e. The Bertz CT molecular complexity index is 3530. The number of fused-ring (bicyclic) bond motifs is 11. The second-order valence-electron chi connectivity index (χ2n) is 14.4. The maximum atomic E-state index is 6.70. The van der Waals surface area contributed by atoms with Crippen LogP contribution in [0.5, 0.6) is 0 Å². The van der Waals surface area contributed by atoms with Crippen LogP contribution in [-0.4, -0.2) is 9.97 Å². The molecular weight excluding hydrogens is 685 g/mol. The van der Waals surface area contributed by atoms with E-state index in [0.717, 1.165) is 93.9 Å². The smallest absolute Gasteiger partial charge is 0.161 e. The van der Waals surface area contributed by atoms with Crippen molar-refractivity contribution in [3.63, 3.8) is 0 Å². The van der Waals surface area contributed by atoms with Crippen LogP contribution in [0.25, 0.3) is 121 Å². The topological polar surface area (TPSA) is 52.1 Å². The van der Waals surface area contributed by atoms with E-state index in [1.807, 2.05) is 36.4 Å². The molecule has 12 rings (SSSR count). The summed E-state index contributed by atoms with van der Waals surface area (Å²) in [5, 5.41) is 11.3. The highest BCUT2D eigenvalue weighted by Crippen LogP contribution is 2.44. The summed E-state index contributed by atoms with van der Waals surface area (Å²) in [6.07, 6.45) is 0. The first-order valence-electron chi connectivity index (χ1n) is 18.9. The van der Waals surface area contributed by atoms with Gasteiger partial charge in [0, 0.05) is 43.8 Å². The van der Waals surface area contributed by atoms with E-state index in [1.54, 1.807) is 0 Å². The van der Waals surface area contributed by atoms with Crippen LogP contribution in [0.15, 0.2) is 191 Å². The Labute approximate surface area is 320 Å². The molecule has 4 heteroatoms. The van der Waals surface area contributed by atoms with Crippen LogP contribution in [0.1, 0.15) is 0 Å². The van der Waals surface area contributed by atoms with Gasteiger partial charge in [-0.15, -0.1) is 0 Å². The molecule has 0 N–H and O–H groups in total. The van der Waals surface area contributed by atoms with Gasteiger partial charge < -0.3 is 8.83 Å². The standard InChI is InChI=1S/C52H30N2O2/c1-2-13-31(14-3-1)36-27-28-41(50-40-20-9-11-23-46(40)56-51(36)50)52-53-43(38-21-12-24-47-49(38)39-19-8-10-22-45(39)55-47)30-44(54-52)42-29-33-16-5-7-18-35(33)48-34-17-6-4-15-32(34)25-26-37(42)48/h1-30H. The van der Waals surface area contributed by atoms with Crippen molar-refractivity contribution in [1.29, 1.82) is 0 Å². The van der Waals surface area contributed by atoms with Crippen LogP contribution in [0.4, 0.5) is 0 Å². The van der Waals surface area contributed by atoms with Crippen LogP contribution in [0.2, 0.25) is 0 Å². The first-order valence-corrected chi connectivity index (χ1v) is 18.9. The summed E-state index contributed by atoms with van der Waals surface area (Å²) in [7, 11) is 0. The van der Waals surface area contributed by atoms with E-state index in [1.165, 1.54) is 21.5 Å². The fraction of sp³-hybridized carbons (Fsp3) is 0. The third-order valence-corrected chi connectivity index (χ3v) is 11.3. The molecular formula is C52H30N2O2. The molecule has 0 unspecified atom stereocenters. The lowest BCUT2D eigenvalue weighted by Crippen LogP contribution is -1.98. The summed E-state index contributed by atoms with van der Waals surface area (Å²) < 4.78 is 13.1. The molecule has 0 radical (unpaired) electrons. The van der Waals surface area contributed by atoms with Crippen molar-refractivity contribution in [3.05, 3.63) is 182 Å². The molecule has 12 aromatic rings. The molecule has 0 aliphatic rings. The molecule has 0 atom stereocenters. The van der Waals surface area contributed by atoms with Crippen molar-refractivity contribution in [1.82, 2.24) is 9.97 Å². The zero-order valence-corrected chi connectivity index (χ0v) is 30.0. The number of hydrogen-bond acceptors (Lipinski definition) is 4. The highest BCUT2D eigenvalue weighted by molar-refractivity contribution is 6.24. The van der Waals surface area contributed by atoms with Gasteiger partial charge in [0.2, 0.25) is 0 Å². The molecule has 4 nitrogen and oxygen atoms in total. The Morgan fingerprint density at radius 1 is 0.321 bits per heavy atom. The molecule has 9 aromatic carbocycles. The normalized spacial score (nSPS) is 11.9. The predicted octanol–water partition coefficient (Wildman–Crippen LogP) is 14.4. The van der Waals surface area contributed by atoms with Gasteiger partial charge in [-0.1, -0.05) is 140 Å². The number of aromatic nitrogens is 2. The summed E-state index contributed by atoms with van der Waals surface area (Å²) in [5.74, 6) is 0.626. The average Bonchev–Trinajstić information content (AvgIpc) is 3.85. The average molecular weight is 715 g/mol. The van der Waals surface area contributed by atoms with Crippen molar-refractivity contribution in [2.24, 2.45) is 0 Å². The van der Waals surface area contributed by atoms with E-state index in [2.05, 4.69) is 146 Å². The van der Waals surface area contributed by atoms with Crippen LogP contribution in [0, 0.1) is 0 Å². The Morgan fingerprint density at radius 3 is 1.73 bits per heavy atom. The van der Waals surface area contributed by atoms with Crippen LogP contribution >= 0.6 is 0 Å². The summed E-state index contributed by atoms with van der Waals surface area (Å²) in [4.78, 5) is 11.0. The van der Waals surface area contributed by atoms with E-state index >= 15 is 0 Å². The van der Waals surface area contributed by atoms with Gasteiger partial charge in [0.05, 0.1) is 11.4 Å². The summed E-state index contributed by atoms with van der Waals surface area (Å²) in [6, 6.07) is 63.7. The largest absolute Gasteiger partial charge is 0.456 e. The zero-order chi connectivity index (χ0) is 36.7. The van der Waals surface area contributed by atoms with Crippen LogP contribution < -0.4 is 0 Å². The van der Waals surface area contributed by atoms with Crippen molar-refractivity contribution in [3.8, 4) is 45.0 Å². The van der Waals surface area contributed by atoms with E-state index in [9.17, 15) is 0 Å².